The van der Waals surface area contributed by atoms with Crippen LogP contribution in [0, 0.1) is 0 Å². The smallest absolute Gasteiger partial charge is 0.245 e. The minimum absolute atomic E-state index is 0.0378. The average molecular weight is 410 g/mol. The Morgan fingerprint density at radius 3 is 2.52 bits per heavy atom. The molecule has 3 heterocycles. The van der Waals surface area contributed by atoms with Gasteiger partial charge in [0.25, 0.3) is 0 Å². The highest BCUT2D eigenvalue weighted by Gasteiger charge is 2.40. The number of carbonyl (C=O) groups excluding carboxylic acids is 1. The van der Waals surface area contributed by atoms with Crippen molar-refractivity contribution in [2.24, 2.45) is 0 Å². The summed E-state index contributed by atoms with van der Waals surface area (Å²) < 4.78 is 5.94. The first-order chi connectivity index (χ1) is 15.2. The Bertz CT molecular complexity index is 1210. The highest BCUT2D eigenvalue weighted by molar-refractivity contribution is 5.86. The van der Waals surface area contributed by atoms with Crippen LogP contribution in [0.2, 0.25) is 0 Å². The van der Waals surface area contributed by atoms with E-state index in [1.54, 1.807) is 24.5 Å². The molecule has 2 unspecified atom stereocenters. The summed E-state index contributed by atoms with van der Waals surface area (Å²) in [6.45, 7) is 0.385. The van der Waals surface area contributed by atoms with Crippen molar-refractivity contribution in [3.63, 3.8) is 0 Å². The maximum Gasteiger partial charge on any atom is 0.245 e. The molecule has 0 radical (unpaired) electrons. The Morgan fingerprint density at radius 2 is 1.71 bits per heavy atom. The standard InChI is InChI=1S/C25H22N4O2/c1-29-25(30)23(24(28-29)19-12-14-26-15-13-19)18-7-10-21(11-8-18)31-16-20-9-6-17-4-2-3-5-22(17)27-20/h2-15,23-24,28H,16H2,1H3. The fraction of sp³-hybridized carbons (Fsp3) is 0.160. The predicted molar refractivity (Wildman–Crippen MR) is 118 cm³/mol. The van der Waals surface area contributed by atoms with Gasteiger partial charge in [0.05, 0.1) is 23.2 Å². The Kier molecular flexibility index (Phi) is 5.06. The molecule has 31 heavy (non-hydrogen) atoms. The number of hydrogen-bond acceptors (Lipinski definition) is 5. The molecule has 4 aromatic rings. The molecule has 0 bridgehead atoms. The molecule has 1 aliphatic heterocycles. The molecule has 1 N–H and O–H groups in total. The number of para-hydroxylation sites is 1. The molecule has 1 aliphatic rings. The van der Waals surface area contributed by atoms with Crippen molar-refractivity contribution in [2.75, 3.05) is 7.05 Å². The number of amides is 1. The van der Waals surface area contributed by atoms with E-state index in [1.165, 1.54) is 0 Å². The van der Waals surface area contributed by atoms with E-state index < -0.39 is 0 Å². The average Bonchev–Trinajstić information content (AvgIpc) is 3.13. The lowest BCUT2D eigenvalue weighted by Gasteiger charge is -2.17. The normalized spacial score (nSPS) is 18.5. The van der Waals surface area contributed by atoms with Crippen molar-refractivity contribution >= 4 is 16.8 Å². The summed E-state index contributed by atoms with van der Waals surface area (Å²) in [6, 6.07) is 23.5. The Morgan fingerprint density at radius 1 is 0.935 bits per heavy atom. The summed E-state index contributed by atoms with van der Waals surface area (Å²) in [5.41, 5.74) is 7.06. The summed E-state index contributed by atoms with van der Waals surface area (Å²) in [5.74, 6) is 0.477. The van der Waals surface area contributed by atoms with Gasteiger partial charge in [0.1, 0.15) is 12.4 Å². The van der Waals surface area contributed by atoms with E-state index in [1.807, 2.05) is 66.7 Å². The van der Waals surface area contributed by atoms with E-state index in [4.69, 9.17) is 4.74 Å². The van der Waals surface area contributed by atoms with E-state index in [9.17, 15) is 4.79 Å². The Labute approximate surface area is 180 Å². The second kappa shape index (κ2) is 8.16. The van der Waals surface area contributed by atoms with Gasteiger partial charge < -0.3 is 4.74 Å². The van der Waals surface area contributed by atoms with Crippen molar-refractivity contribution in [3.05, 3.63) is 102 Å². The van der Waals surface area contributed by atoms with Gasteiger partial charge in [-0.3, -0.25) is 14.8 Å². The number of aromatic nitrogens is 2. The molecule has 0 saturated carbocycles. The lowest BCUT2D eigenvalue weighted by atomic mass is 9.88. The summed E-state index contributed by atoms with van der Waals surface area (Å²) in [4.78, 5) is 21.5. The third kappa shape index (κ3) is 3.85. The van der Waals surface area contributed by atoms with Gasteiger partial charge in [0.15, 0.2) is 0 Å². The molecular weight excluding hydrogens is 388 g/mol. The zero-order chi connectivity index (χ0) is 21.2. The minimum Gasteiger partial charge on any atom is -0.487 e. The van der Waals surface area contributed by atoms with Crippen LogP contribution in [-0.2, 0) is 11.4 Å². The van der Waals surface area contributed by atoms with E-state index in [-0.39, 0.29) is 17.9 Å². The van der Waals surface area contributed by atoms with Crippen molar-refractivity contribution in [1.82, 2.24) is 20.4 Å². The SMILES string of the molecule is CN1NC(c2ccncc2)C(c2ccc(OCc3ccc4ccccc4n3)cc2)C1=O. The molecule has 0 spiro atoms. The maximum atomic E-state index is 12.8. The summed E-state index contributed by atoms with van der Waals surface area (Å²) in [5, 5.41) is 2.67. The van der Waals surface area contributed by atoms with E-state index in [0.29, 0.717) is 6.61 Å². The van der Waals surface area contributed by atoms with E-state index >= 15 is 0 Å². The number of likely N-dealkylation sites (N-methyl/N-ethyl adjacent to an activating group) is 1. The van der Waals surface area contributed by atoms with Gasteiger partial charge in [-0.2, -0.15) is 0 Å². The molecular formula is C25H22N4O2. The topological polar surface area (TPSA) is 67.3 Å². The lowest BCUT2D eigenvalue weighted by Crippen LogP contribution is -2.30. The lowest BCUT2D eigenvalue weighted by molar-refractivity contribution is -0.129. The summed E-state index contributed by atoms with van der Waals surface area (Å²) in [6.07, 6.45) is 3.49. The molecule has 1 saturated heterocycles. The monoisotopic (exact) mass is 410 g/mol. The summed E-state index contributed by atoms with van der Waals surface area (Å²) in [7, 11) is 1.75. The predicted octanol–water partition coefficient (Wildman–Crippen LogP) is 4.01. The van der Waals surface area contributed by atoms with E-state index in [2.05, 4.69) is 21.5 Å². The molecule has 6 heteroatoms. The van der Waals surface area contributed by atoms with Crippen LogP contribution in [0.3, 0.4) is 0 Å². The van der Waals surface area contributed by atoms with Gasteiger partial charge in [-0.25, -0.2) is 10.4 Å². The molecule has 2 atom stereocenters. The molecule has 1 amide bonds. The molecule has 5 rings (SSSR count). The molecule has 1 fully saturated rings. The number of rotatable bonds is 5. The second-order valence-corrected chi connectivity index (χ2v) is 7.62. The molecule has 2 aromatic heterocycles. The van der Waals surface area contributed by atoms with Gasteiger partial charge >= 0.3 is 0 Å². The zero-order valence-corrected chi connectivity index (χ0v) is 17.1. The van der Waals surface area contributed by atoms with Crippen LogP contribution in [0.5, 0.6) is 5.75 Å². The number of fused-ring (bicyclic) bond motifs is 1. The van der Waals surface area contributed by atoms with Crippen LogP contribution in [0.4, 0.5) is 0 Å². The first kappa shape index (κ1) is 19.2. The number of ether oxygens (including phenoxy) is 1. The third-order valence-electron chi connectivity index (χ3n) is 5.61. The van der Waals surface area contributed by atoms with Crippen LogP contribution in [0.25, 0.3) is 10.9 Å². The fourth-order valence-corrected chi connectivity index (χ4v) is 3.99. The summed E-state index contributed by atoms with van der Waals surface area (Å²) >= 11 is 0. The van der Waals surface area contributed by atoms with E-state index in [0.717, 1.165) is 33.5 Å². The Balaban J connectivity index is 1.32. The van der Waals surface area contributed by atoms with Crippen molar-refractivity contribution in [3.8, 4) is 5.75 Å². The van der Waals surface area contributed by atoms with Crippen LogP contribution in [0.1, 0.15) is 28.8 Å². The van der Waals surface area contributed by atoms with Crippen molar-refractivity contribution in [1.29, 1.82) is 0 Å². The largest absolute Gasteiger partial charge is 0.487 e. The van der Waals surface area contributed by atoms with Gasteiger partial charge in [0.2, 0.25) is 5.91 Å². The minimum atomic E-state index is -0.302. The highest BCUT2D eigenvalue weighted by Crippen LogP contribution is 2.37. The molecule has 154 valence electrons. The molecule has 6 nitrogen and oxygen atoms in total. The van der Waals surface area contributed by atoms with Gasteiger partial charge in [-0.1, -0.05) is 36.4 Å². The third-order valence-corrected chi connectivity index (χ3v) is 5.61. The number of nitrogens with zero attached hydrogens (tertiary/aromatic N) is 3. The number of hydrogen-bond donors (Lipinski definition) is 1. The van der Waals surface area contributed by atoms with Crippen molar-refractivity contribution in [2.45, 2.75) is 18.6 Å². The number of pyridine rings is 2. The van der Waals surface area contributed by atoms with Gasteiger partial charge in [-0.15, -0.1) is 0 Å². The first-order valence-electron chi connectivity index (χ1n) is 10.2. The number of hydrazine groups is 1. The molecule has 2 aromatic carbocycles. The van der Waals surface area contributed by atoms with Crippen molar-refractivity contribution < 1.29 is 9.53 Å². The fourth-order valence-electron chi connectivity index (χ4n) is 3.99. The maximum absolute atomic E-state index is 12.8. The van der Waals surface area contributed by atoms with Crippen LogP contribution >= 0.6 is 0 Å². The van der Waals surface area contributed by atoms with Crippen LogP contribution in [0.15, 0.2) is 85.2 Å². The Hall–Kier alpha value is -3.77. The van der Waals surface area contributed by atoms with Gasteiger partial charge in [-0.05, 0) is 47.5 Å². The quantitative estimate of drug-likeness (QED) is 0.538. The number of carbonyl (C=O) groups is 1. The van der Waals surface area contributed by atoms with Crippen LogP contribution < -0.4 is 10.2 Å². The number of benzene rings is 2. The first-order valence-corrected chi connectivity index (χ1v) is 10.2. The molecule has 0 aliphatic carbocycles. The number of nitrogens with one attached hydrogen (secondary N) is 1. The zero-order valence-electron chi connectivity index (χ0n) is 17.1. The highest BCUT2D eigenvalue weighted by atomic mass is 16.5. The van der Waals surface area contributed by atoms with Crippen LogP contribution in [-0.4, -0.2) is 27.9 Å². The second-order valence-electron chi connectivity index (χ2n) is 7.62. The van der Waals surface area contributed by atoms with Gasteiger partial charge in [0, 0.05) is 24.8 Å².